The number of esters is 2. The summed E-state index contributed by atoms with van der Waals surface area (Å²) in [7, 11) is 6.24. The van der Waals surface area contributed by atoms with Gasteiger partial charge in [-0.15, -0.1) is 10.2 Å². The van der Waals surface area contributed by atoms with Crippen molar-refractivity contribution in [2.75, 3.05) is 53.7 Å². The summed E-state index contributed by atoms with van der Waals surface area (Å²) >= 11 is 0. The molecule has 10 rings (SSSR count). The third-order valence-electron chi connectivity index (χ3n) is 11.9. The smallest absolute Gasteiger partial charge is 0.340 e. The molecule has 2 aliphatic rings. The van der Waals surface area contributed by atoms with Crippen LogP contribution in [0.25, 0.3) is 66.6 Å². The molecule has 0 N–H and O–H groups in total. The van der Waals surface area contributed by atoms with Crippen LogP contribution in [-0.4, -0.2) is 107 Å². The van der Waals surface area contributed by atoms with Gasteiger partial charge >= 0.3 is 11.9 Å². The molecule has 0 atom stereocenters. The Kier molecular flexibility index (Phi) is 15.0. The topological polar surface area (TPSA) is 153 Å². The van der Waals surface area contributed by atoms with Crippen LogP contribution in [0.3, 0.4) is 0 Å². The van der Waals surface area contributed by atoms with Gasteiger partial charge in [0.15, 0.2) is 6.29 Å². The van der Waals surface area contributed by atoms with Crippen molar-refractivity contribution in [1.82, 2.24) is 34.9 Å². The second-order valence-electron chi connectivity index (χ2n) is 16.3. The number of methoxy groups -OCH3 is 2. The van der Waals surface area contributed by atoms with E-state index in [-0.39, 0.29) is 0 Å². The maximum Gasteiger partial charge on any atom is 0.340 e. The van der Waals surface area contributed by atoms with Crippen molar-refractivity contribution in [3.05, 3.63) is 144 Å². The van der Waals surface area contributed by atoms with Crippen LogP contribution in [0.2, 0.25) is 0 Å². The number of morpholine rings is 1. The molecule has 8 aromatic rings. The summed E-state index contributed by atoms with van der Waals surface area (Å²) in [4.78, 5) is 38.4. The Bertz CT molecular complexity index is 2980. The van der Waals surface area contributed by atoms with E-state index in [0.29, 0.717) is 38.8 Å². The van der Waals surface area contributed by atoms with Crippen LogP contribution < -0.4 is 0 Å². The quantitative estimate of drug-likeness (QED) is 0.100. The maximum atomic E-state index is 12.4. The Labute approximate surface area is 389 Å². The average molecular weight is 900 g/mol. The summed E-state index contributed by atoms with van der Waals surface area (Å²) in [5.41, 5.74) is 13.3. The average Bonchev–Trinajstić information content (AvgIpc) is 3.97. The van der Waals surface area contributed by atoms with E-state index < -0.39 is 11.9 Å². The zero-order chi connectivity index (χ0) is 46.7. The normalized spacial score (nSPS) is 13.8. The number of nitrogens with zero attached hydrogens (tertiary/aromatic N) is 7. The molecule has 14 nitrogen and oxygen atoms in total. The molecule has 2 aliphatic heterocycles. The molecule has 0 aliphatic carbocycles. The van der Waals surface area contributed by atoms with E-state index in [1.54, 1.807) is 35.6 Å². The lowest BCUT2D eigenvalue weighted by Crippen LogP contribution is -2.35. The van der Waals surface area contributed by atoms with Gasteiger partial charge in [-0.3, -0.25) is 9.69 Å². The van der Waals surface area contributed by atoms with Crippen molar-refractivity contribution >= 4 is 40.3 Å². The second-order valence-corrected chi connectivity index (χ2v) is 16.3. The summed E-state index contributed by atoms with van der Waals surface area (Å²) in [5, 5.41) is 16.4. The van der Waals surface area contributed by atoms with Gasteiger partial charge in [-0.2, -0.15) is 0 Å². The summed E-state index contributed by atoms with van der Waals surface area (Å²) in [6.45, 7) is 6.41. The Morgan fingerprint density at radius 1 is 0.567 bits per heavy atom. The molecule has 4 heterocycles. The molecule has 0 spiro atoms. The first kappa shape index (κ1) is 46.2. The first-order chi connectivity index (χ1) is 32.8. The second kappa shape index (κ2) is 21.7. The number of fused-ring (bicyclic) bond motifs is 2. The Morgan fingerprint density at radius 2 is 1.03 bits per heavy atom. The summed E-state index contributed by atoms with van der Waals surface area (Å²) in [6.07, 6.45) is 4.79. The van der Waals surface area contributed by atoms with Gasteiger partial charge in [-0.1, -0.05) is 107 Å². The van der Waals surface area contributed by atoms with Gasteiger partial charge in [0.05, 0.1) is 38.6 Å². The van der Waals surface area contributed by atoms with E-state index in [4.69, 9.17) is 18.9 Å². The maximum absolute atomic E-state index is 12.4. The number of hydrogen-bond acceptors (Lipinski definition) is 12. The molecule has 0 amide bonds. The number of aldehydes is 1. The molecule has 2 fully saturated rings. The van der Waals surface area contributed by atoms with Gasteiger partial charge in [-0.25, -0.2) is 19.0 Å². The molecule has 0 saturated carbocycles. The van der Waals surface area contributed by atoms with Gasteiger partial charge in [-0.05, 0) is 93.6 Å². The highest BCUT2D eigenvalue weighted by Crippen LogP contribution is 2.32. The molecule has 67 heavy (non-hydrogen) atoms. The molecule has 2 saturated heterocycles. The Balaban J connectivity index is 0.000000163. The molecule has 0 radical (unpaired) electrons. The fraction of sp³-hybridized carbons (Fsp3) is 0.264. The summed E-state index contributed by atoms with van der Waals surface area (Å²) in [6, 6.07) is 39.7. The molecule has 2 aromatic heterocycles. The van der Waals surface area contributed by atoms with E-state index in [9.17, 15) is 14.4 Å². The number of carbonyl (C=O) groups excluding carboxylic acids is 3. The van der Waals surface area contributed by atoms with Crippen molar-refractivity contribution in [1.29, 1.82) is 0 Å². The number of benzene rings is 6. The Morgan fingerprint density at radius 3 is 1.51 bits per heavy atom. The van der Waals surface area contributed by atoms with Gasteiger partial charge in [0.1, 0.15) is 22.1 Å². The number of hydrogen-bond donors (Lipinski definition) is 0. The van der Waals surface area contributed by atoms with Crippen molar-refractivity contribution in [2.45, 2.75) is 25.8 Å². The number of ether oxygens (including phenoxy) is 4. The van der Waals surface area contributed by atoms with Gasteiger partial charge in [0, 0.05) is 52.5 Å². The van der Waals surface area contributed by atoms with E-state index in [0.717, 1.165) is 91.3 Å². The van der Waals surface area contributed by atoms with Crippen molar-refractivity contribution < 1.29 is 33.3 Å². The highest BCUT2D eigenvalue weighted by molar-refractivity contribution is 6.05. The number of aromatic nitrogens is 6. The largest absolute Gasteiger partial charge is 0.465 e. The molecule has 0 bridgehead atoms. The molecule has 6 aromatic carbocycles. The molecular formula is C53H53N7O7. The monoisotopic (exact) mass is 899 g/mol. The lowest BCUT2D eigenvalue weighted by Gasteiger charge is -2.27. The zero-order valence-corrected chi connectivity index (χ0v) is 38.2. The van der Waals surface area contributed by atoms with Crippen molar-refractivity contribution in [3.8, 4) is 44.5 Å². The number of aryl methyl sites for hydroxylation is 2. The Hall–Kier alpha value is -7.39. The van der Waals surface area contributed by atoms with Crippen LogP contribution in [0.15, 0.2) is 121 Å². The van der Waals surface area contributed by atoms with Crippen LogP contribution in [-0.2, 0) is 39.6 Å². The third kappa shape index (κ3) is 10.7. The fourth-order valence-corrected chi connectivity index (χ4v) is 8.43. The predicted octanol–water partition coefficient (Wildman–Crippen LogP) is 9.01. The first-order valence-electron chi connectivity index (χ1n) is 22.3. The van der Waals surface area contributed by atoms with Crippen LogP contribution in [0.1, 0.15) is 55.9 Å². The lowest BCUT2D eigenvalue weighted by molar-refractivity contribution is 0.0342. The van der Waals surface area contributed by atoms with E-state index >= 15 is 0 Å². The molecular weight excluding hydrogens is 847 g/mol. The fourth-order valence-electron chi connectivity index (χ4n) is 8.43. The highest BCUT2D eigenvalue weighted by Gasteiger charge is 2.20. The molecule has 0 unspecified atom stereocenters. The summed E-state index contributed by atoms with van der Waals surface area (Å²) < 4.78 is 23.6. The molecule has 14 heteroatoms. The van der Waals surface area contributed by atoms with Gasteiger partial charge < -0.3 is 18.9 Å². The highest BCUT2D eigenvalue weighted by atomic mass is 16.5. The van der Waals surface area contributed by atoms with Gasteiger partial charge in [0.25, 0.3) is 0 Å². The van der Waals surface area contributed by atoms with Gasteiger partial charge in [0.2, 0.25) is 0 Å². The van der Waals surface area contributed by atoms with Crippen LogP contribution in [0.4, 0.5) is 0 Å². The number of rotatable bonds is 9. The zero-order valence-electron chi connectivity index (χ0n) is 38.2. The van der Waals surface area contributed by atoms with E-state index in [1.807, 2.05) is 60.7 Å². The van der Waals surface area contributed by atoms with Crippen LogP contribution >= 0.6 is 0 Å². The van der Waals surface area contributed by atoms with Crippen molar-refractivity contribution in [3.63, 3.8) is 0 Å². The minimum atomic E-state index is -0.436. The predicted molar refractivity (Wildman–Crippen MR) is 258 cm³/mol. The third-order valence-corrected chi connectivity index (χ3v) is 11.9. The van der Waals surface area contributed by atoms with Crippen LogP contribution in [0.5, 0.6) is 0 Å². The van der Waals surface area contributed by atoms with E-state index in [1.165, 1.54) is 44.6 Å². The molecule has 342 valence electrons. The number of carbonyl (C=O) groups is 3. The summed E-state index contributed by atoms with van der Waals surface area (Å²) in [5.74, 6) is -0.838. The van der Waals surface area contributed by atoms with E-state index in [2.05, 4.69) is 74.1 Å². The standard InChI is InChI=1S/C26H26N4O3.C22H17N3O3.C5H10O/c1-29-25-23(26(31)32-2)15-21(16-24(25)27-28-29)18-7-9-19(10-8-18)22-6-4-3-5-20(22)17-30-11-13-33-14-12-30;1-25-21-19(22(27)28-2)11-17(12-20(21)23-24-25)14-7-9-15(10-8-14)18-6-4-3-5-16(18)13-26;1-2-4-6-5-3-1/h3-10,15-16H,11-14,17H2,1-2H3;3-13H,1-2H3;1-5H2. The minimum absolute atomic E-state index is 0.402. The SMILES string of the molecule is C1CCOCC1.COC(=O)c1cc(-c2ccc(-c3ccccc3C=O)cc2)cc2nnn(C)c12.COC(=O)c1cc(-c2ccc(-c3ccccc3CN3CCOCC3)cc2)cc2nnn(C)c12. The first-order valence-corrected chi connectivity index (χ1v) is 22.3. The van der Waals surface area contributed by atoms with Crippen LogP contribution in [0, 0.1) is 0 Å². The minimum Gasteiger partial charge on any atom is -0.465 e. The lowest BCUT2D eigenvalue weighted by atomic mass is 9.95. The van der Waals surface area contributed by atoms with Crippen molar-refractivity contribution in [2.24, 2.45) is 14.1 Å².